The zero-order valence-electron chi connectivity index (χ0n) is 12.1. The lowest BCUT2D eigenvalue weighted by molar-refractivity contribution is 0.202. The van der Waals surface area contributed by atoms with Crippen LogP contribution < -0.4 is 0 Å². The summed E-state index contributed by atoms with van der Waals surface area (Å²) in [6.07, 6.45) is 2.52. The Morgan fingerprint density at radius 1 is 1.14 bits per heavy atom. The SMILES string of the molecule is COCCc1ccc(O)cc1/C(=C\CO)c1ccccc1. The highest BCUT2D eigenvalue weighted by atomic mass is 16.5. The molecule has 0 heterocycles. The van der Waals surface area contributed by atoms with Gasteiger partial charge in [0.25, 0.3) is 0 Å². The molecule has 2 aromatic rings. The molecule has 0 amide bonds. The number of hydrogen-bond donors (Lipinski definition) is 2. The van der Waals surface area contributed by atoms with Crippen molar-refractivity contribution in [3.63, 3.8) is 0 Å². The van der Waals surface area contributed by atoms with E-state index in [1.807, 2.05) is 36.4 Å². The van der Waals surface area contributed by atoms with Crippen molar-refractivity contribution in [1.82, 2.24) is 0 Å². The zero-order valence-corrected chi connectivity index (χ0v) is 12.1. The number of ether oxygens (including phenoxy) is 1. The lowest BCUT2D eigenvalue weighted by Gasteiger charge is -2.14. The van der Waals surface area contributed by atoms with E-state index in [9.17, 15) is 10.2 Å². The standard InChI is InChI=1S/C18H20O3/c1-21-12-10-15-7-8-16(20)13-18(15)17(9-11-19)14-5-3-2-4-6-14/h2-9,13,19-20H,10-12H2,1H3/b17-9-. The highest BCUT2D eigenvalue weighted by molar-refractivity contribution is 5.82. The number of aromatic hydroxyl groups is 1. The molecule has 0 fully saturated rings. The highest BCUT2D eigenvalue weighted by Gasteiger charge is 2.11. The van der Waals surface area contributed by atoms with Gasteiger partial charge in [-0.3, -0.25) is 0 Å². The van der Waals surface area contributed by atoms with Gasteiger partial charge in [0.15, 0.2) is 0 Å². The first-order valence-electron chi connectivity index (χ1n) is 6.94. The van der Waals surface area contributed by atoms with Gasteiger partial charge in [0.2, 0.25) is 0 Å². The van der Waals surface area contributed by atoms with Gasteiger partial charge in [-0.25, -0.2) is 0 Å². The van der Waals surface area contributed by atoms with Crippen molar-refractivity contribution in [2.45, 2.75) is 6.42 Å². The summed E-state index contributed by atoms with van der Waals surface area (Å²) in [6, 6.07) is 15.2. The monoisotopic (exact) mass is 284 g/mol. The number of rotatable bonds is 6. The third-order valence-corrected chi connectivity index (χ3v) is 3.34. The molecule has 21 heavy (non-hydrogen) atoms. The molecule has 110 valence electrons. The number of phenolic OH excluding ortho intramolecular Hbond substituents is 1. The van der Waals surface area contributed by atoms with Crippen LogP contribution in [-0.4, -0.2) is 30.5 Å². The molecule has 2 N–H and O–H groups in total. The minimum absolute atomic E-state index is 0.0520. The quantitative estimate of drug-likeness (QED) is 0.857. The van der Waals surface area contributed by atoms with Gasteiger partial charge in [-0.1, -0.05) is 42.5 Å². The predicted octanol–water partition coefficient (Wildman–Crippen LogP) is 3.01. The first-order valence-corrected chi connectivity index (χ1v) is 6.94. The number of benzene rings is 2. The summed E-state index contributed by atoms with van der Waals surface area (Å²) in [4.78, 5) is 0. The van der Waals surface area contributed by atoms with E-state index in [0.717, 1.165) is 28.7 Å². The van der Waals surface area contributed by atoms with Gasteiger partial charge >= 0.3 is 0 Å². The number of hydrogen-bond acceptors (Lipinski definition) is 3. The zero-order chi connectivity index (χ0) is 15.1. The molecule has 0 aliphatic rings. The normalized spacial score (nSPS) is 11.6. The van der Waals surface area contributed by atoms with Crippen molar-refractivity contribution < 1.29 is 14.9 Å². The van der Waals surface area contributed by atoms with Crippen LogP contribution in [0.4, 0.5) is 0 Å². The summed E-state index contributed by atoms with van der Waals surface area (Å²) in [6.45, 7) is 0.558. The summed E-state index contributed by atoms with van der Waals surface area (Å²) in [5.41, 5.74) is 3.93. The number of phenols is 1. The van der Waals surface area contributed by atoms with Crippen molar-refractivity contribution in [3.8, 4) is 5.75 Å². The van der Waals surface area contributed by atoms with E-state index in [0.29, 0.717) is 6.61 Å². The van der Waals surface area contributed by atoms with E-state index >= 15 is 0 Å². The molecule has 2 aromatic carbocycles. The molecule has 0 unspecified atom stereocenters. The first-order chi connectivity index (χ1) is 10.3. The summed E-state index contributed by atoms with van der Waals surface area (Å²) < 4.78 is 5.15. The van der Waals surface area contributed by atoms with Gasteiger partial charge < -0.3 is 14.9 Å². The number of aliphatic hydroxyl groups is 1. The predicted molar refractivity (Wildman–Crippen MR) is 84.3 cm³/mol. The van der Waals surface area contributed by atoms with Crippen LogP contribution in [0.1, 0.15) is 16.7 Å². The van der Waals surface area contributed by atoms with Crippen LogP contribution in [0.15, 0.2) is 54.6 Å². The van der Waals surface area contributed by atoms with Gasteiger partial charge in [0, 0.05) is 7.11 Å². The maximum Gasteiger partial charge on any atom is 0.116 e. The fourth-order valence-electron chi connectivity index (χ4n) is 2.34. The van der Waals surface area contributed by atoms with Crippen LogP contribution >= 0.6 is 0 Å². The molecule has 0 atom stereocenters. The van der Waals surface area contributed by atoms with Crippen LogP contribution in [0.2, 0.25) is 0 Å². The summed E-state index contributed by atoms with van der Waals surface area (Å²) in [5.74, 6) is 0.214. The summed E-state index contributed by atoms with van der Waals surface area (Å²) in [5, 5.41) is 19.1. The van der Waals surface area contributed by atoms with Crippen molar-refractivity contribution in [1.29, 1.82) is 0 Å². The Labute approximate surface area is 125 Å². The first kappa shape index (κ1) is 15.3. The third-order valence-electron chi connectivity index (χ3n) is 3.34. The van der Waals surface area contributed by atoms with E-state index in [1.165, 1.54) is 0 Å². The molecule has 0 bridgehead atoms. The van der Waals surface area contributed by atoms with Crippen LogP contribution in [0, 0.1) is 0 Å². The smallest absolute Gasteiger partial charge is 0.116 e. The second kappa shape index (κ2) is 7.62. The maximum atomic E-state index is 9.81. The van der Waals surface area contributed by atoms with Gasteiger partial charge in [-0.15, -0.1) is 0 Å². The molecular weight excluding hydrogens is 264 g/mol. The second-order valence-electron chi connectivity index (χ2n) is 4.75. The number of methoxy groups -OCH3 is 1. The third kappa shape index (κ3) is 3.94. The van der Waals surface area contributed by atoms with Crippen LogP contribution in [0.3, 0.4) is 0 Å². The van der Waals surface area contributed by atoms with Gasteiger partial charge in [-0.2, -0.15) is 0 Å². The van der Waals surface area contributed by atoms with Gasteiger partial charge in [0.1, 0.15) is 5.75 Å². The van der Waals surface area contributed by atoms with Crippen molar-refractivity contribution in [2.24, 2.45) is 0 Å². The van der Waals surface area contributed by atoms with Crippen molar-refractivity contribution in [3.05, 3.63) is 71.3 Å². The molecule has 0 aromatic heterocycles. The van der Waals surface area contributed by atoms with Crippen molar-refractivity contribution >= 4 is 5.57 Å². The molecule has 0 aliphatic carbocycles. The molecule has 0 spiro atoms. The molecular formula is C18H20O3. The summed E-state index contributed by atoms with van der Waals surface area (Å²) >= 11 is 0. The van der Waals surface area contributed by atoms with E-state index in [-0.39, 0.29) is 12.4 Å². The fourth-order valence-corrected chi connectivity index (χ4v) is 2.34. The van der Waals surface area contributed by atoms with Gasteiger partial charge in [-0.05, 0) is 40.8 Å². The average molecular weight is 284 g/mol. The van der Waals surface area contributed by atoms with E-state index in [1.54, 1.807) is 25.3 Å². The Kier molecular flexibility index (Phi) is 5.55. The van der Waals surface area contributed by atoms with Crippen LogP contribution in [0.5, 0.6) is 5.75 Å². The topological polar surface area (TPSA) is 49.7 Å². The average Bonchev–Trinajstić information content (AvgIpc) is 2.52. The van der Waals surface area contributed by atoms with E-state index in [2.05, 4.69) is 0 Å². The minimum atomic E-state index is -0.0520. The Hall–Kier alpha value is -2.10. The lowest BCUT2D eigenvalue weighted by Crippen LogP contribution is -2.00. The summed E-state index contributed by atoms with van der Waals surface area (Å²) in [7, 11) is 1.67. The Bertz CT molecular complexity index is 603. The van der Waals surface area contributed by atoms with Gasteiger partial charge in [0.05, 0.1) is 13.2 Å². The molecule has 3 nitrogen and oxygen atoms in total. The van der Waals surface area contributed by atoms with Crippen molar-refractivity contribution in [2.75, 3.05) is 20.3 Å². The Balaban J connectivity index is 2.49. The molecule has 0 saturated carbocycles. The Morgan fingerprint density at radius 2 is 1.90 bits per heavy atom. The number of aliphatic hydroxyl groups excluding tert-OH is 1. The molecule has 2 rings (SSSR count). The minimum Gasteiger partial charge on any atom is -0.508 e. The lowest BCUT2D eigenvalue weighted by atomic mass is 9.92. The molecule has 0 radical (unpaired) electrons. The van der Waals surface area contributed by atoms with Crippen LogP contribution in [-0.2, 0) is 11.2 Å². The fraction of sp³-hybridized carbons (Fsp3) is 0.222. The van der Waals surface area contributed by atoms with Crippen LogP contribution in [0.25, 0.3) is 5.57 Å². The Morgan fingerprint density at radius 3 is 2.57 bits per heavy atom. The maximum absolute atomic E-state index is 9.81. The van der Waals surface area contributed by atoms with E-state index in [4.69, 9.17) is 4.74 Å². The van der Waals surface area contributed by atoms with E-state index < -0.39 is 0 Å². The second-order valence-corrected chi connectivity index (χ2v) is 4.75. The highest BCUT2D eigenvalue weighted by Crippen LogP contribution is 2.29. The molecule has 0 aliphatic heterocycles. The molecule has 3 heteroatoms. The molecule has 0 saturated heterocycles. The largest absolute Gasteiger partial charge is 0.508 e.